The molecule has 0 unspecified atom stereocenters. The van der Waals surface area contributed by atoms with Crippen LogP contribution in [0.1, 0.15) is 60.9 Å². The van der Waals surface area contributed by atoms with Gasteiger partial charge in [-0.25, -0.2) is 0 Å². The zero-order valence-electron chi connectivity index (χ0n) is 13.4. The van der Waals surface area contributed by atoms with Crippen LogP contribution < -0.4 is 0 Å². The average molecular weight is 301 g/mol. The maximum Gasteiger partial charge on any atom is 0.272 e. The fourth-order valence-corrected chi connectivity index (χ4v) is 2.99. The van der Waals surface area contributed by atoms with E-state index in [9.17, 15) is 4.79 Å². The van der Waals surface area contributed by atoms with E-state index >= 15 is 0 Å². The maximum absolute atomic E-state index is 12.8. The Bertz CT molecular complexity index is 644. The van der Waals surface area contributed by atoms with Crippen molar-refractivity contribution in [3.63, 3.8) is 0 Å². The van der Waals surface area contributed by atoms with Gasteiger partial charge < -0.3 is 4.90 Å². The predicted octanol–water partition coefficient (Wildman–Crippen LogP) is 2.38. The molecule has 0 spiro atoms. The Kier molecular flexibility index (Phi) is 4.00. The van der Waals surface area contributed by atoms with E-state index in [1.807, 2.05) is 28.6 Å². The SMILES string of the molecule is CCn1nc(C(C)C)cc1C(=O)N1CC[C@@H](c2ccn[nH]2)C1. The standard InChI is InChI=1S/C16H23N5O/c1-4-21-15(9-14(19-21)11(2)3)16(22)20-8-6-12(10-20)13-5-7-17-18-13/h5,7,9,11-12H,4,6,8,10H2,1-3H3,(H,17,18)/t12-/m1/s1. The molecule has 6 heteroatoms. The van der Waals surface area contributed by atoms with Crippen molar-refractivity contribution in [3.05, 3.63) is 35.4 Å². The summed E-state index contributed by atoms with van der Waals surface area (Å²) >= 11 is 0. The van der Waals surface area contributed by atoms with Crippen molar-refractivity contribution in [3.8, 4) is 0 Å². The second-order valence-corrected chi connectivity index (χ2v) is 6.17. The topological polar surface area (TPSA) is 66.8 Å². The number of hydrogen-bond donors (Lipinski definition) is 1. The number of carbonyl (C=O) groups excluding carboxylic acids is 1. The summed E-state index contributed by atoms with van der Waals surface area (Å²) in [6, 6.07) is 3.94. The first-order valence-electron chi connectivity index (χ1n) is 7.96. The number of rotatable bonds is 4. The number of aromatic nitrogens is 4. The van der Waals surface area contributed by atoms with Crippen LogP contribution in [0.2, 0.25) is 0 Å². The molecule has 2 aromatic heterocycles. The van der Waals surface area contributed by atoms with E-state index < -0.39 is 0 Å². The molecule has 3 rings (SSSR count). The number of aromatic amines is 1. The minimum atomic E-state index is 0.0864. The first-order chi connectivity index (χ1) is 10.6. The van der Waals surface area contributed by atoms with E-state index in [1.54, 1.807) is 6.20 Å². The Labute approximate surface area is 130 Å². The Balaban J connectivity index is 1.77. The fourth-order valence-electron chi connectivity index (χ4n) is 2.99. The number of amides is 1. The van der Waals surface area contributed by atoms with Crippen LogP contribution in [0.5, 0.6) is 0 Å². The number of hydrogen-bond acceptors (Lipinski definition) is 3. The van der Waals surface area contributed by atoms with E-state index in [-0.39, 0.29) is 5.91 Å². The molecule has 1 amide bonds. The minimum absolute atomic E-state index is 0.0864. The second-order valence-electron chi connectivity index (χ2n) is 6.17. The minimum Gasteiger partial charge on any atom is -0.337 e. The van der Waals surface area contributed by atoms with Gasteiger partial charge in [0, 0.05) is 37.4 Å². The summed E-state index contributed by atoms with van der Waals surface area (Å²) in [5.74, 6) is 0.771. The van der Waals surface area contributed by atoms with Crippen molar-refractivity contribution in [2.75, 3.05) is 13.1 Å². The molecule has 118 valence electrons. The van der Waals surface area contributed by atoms with Crippen LogP contribution in [-0.4, -0.2) is 43.9 Å². The van der Waals surface area contributed by atoms with Gasteiger partial charge in [-0.05, 0) is 31.4 Å². The second kappa shape index (κ2) is 5.94. The molecule has 1 aliphatic rings. The molecule has 2 aromatic rings. The lowest BCUT2D eigenvalue weighted by molar-refractivity contribution is 0.0778. The molecule has 1 saturated heterocycles. The van der Waals surface area contributed by atoms with Gasteiger partial charge in [-0.15, -0.1) is 0 Å². The average Bonchev–Trinajstić information content (AvgIpc) is 3.23. The van der Waals surface area contributed by atoms with Crippen LogP contribution in [0.15, 0.2) is 18.3 Å². The highest BCUT2D eigenvalue weighted by Crippen LogP contribution is 2.27. The van der Waals surface area contributed by atoms with Gasteiger partial charge in [-0.2, -0.15) is 10.2 Å². The van der Waals surface area contributed by atoms with Gasteiger partial charge in [-0.3, -0.25) is 14.6 Å². The Morgan fingerprint density at radius 3 is 2.95 bits per heavy atom. The molecule has 0 aromatic carbocycles. The van der Waals surface area contributed by atoms with E-state index in [1.165, 1.54) is 0 Å². The third-order valence-electron chi connectivity index (χ3n) is 4.35. The van der Waals surface area contributed by atoms with Gasteiger partial charge >= 0.3 is 0 Å². The monoisotopic (exact) mass is 301 g/mol. The van der Waals surface area contributed by atoms with Crippen molar-refractivity contribution in [1.29, 1.82) is 0 Å². The van der Waals surface area contributed by atoms with Gasteiger partial charge in [-0.1, -0.05) is 13.8 Å². The third-order valence-corrected chi connectivity index (χ3v) is 4.35. The van der Waals surface area contributed by atoms with Crippen molar-refractivity contribution in [2.45, 2.75) is 45.6 Å². The molecule has 0 saturated carbocycles. The zero-order chi connectivity index (χ0) is 15.7. The Morgan fingerprint density at radius 1 is 1.50 bits per heavy atom. The number of nitrogens with one attached hydrogen (secondary N) is 1. The predicted molar refractivity (Wildman–Crippen MR) is 83.8 cm³/mol. The maximum atomic E-state index is 12.8. The van der Waals surface area contributed by atoms with Crippen molar-refractivity contribution in [1.82, 2.24) is 24.9 Å². The van der Waals surface area contributed by atoms with Crippen molar-refractivity contribution >= 4 is 5.91 Å². The van der Waals surface area contributed by atoms with Gasteiger partial charge in [0.25, 0.3) is 5.91 Å². The molecule has 1 fully saturated rings. The number of aryl methyl sites for hydroxylation is 1. The summed E-state index contributed by atoms with van der Waals surface area (Å²) in [4.78, 5) is 14.7. The molecular weight excluding hydrogens is 278 g/mol. The lowest BCUT2D eigenvalue weighted by Crippen LogP contribution is -2.30. The summed E-state index contributed by atoms with van der Waals surface area (Å²) in [6.07, 6.45) is 2.74. The summed E-state index contributed by atoms with van der Waals surface area (Å²) < 4.78 is 1.82. The molecule has 0 aliphatic carbocycles. The largest absolute Gasteiger partial charge is 0.337 e. The third kappa shape index (κ3) is 2.65. The number of nitrogens with zero attached hydrogens (tertiary/aromatic N) is 4. The van der Waals surface area contributed by atoms with Gasteiger partial charge in [0.2, 0.25) is 0 Å². The van der Waals surface area contributed by atoms with Gasteiger partial charge in [0.1, 0.15) is 5.69 Å². The molecule has 0 bridgehead atoms. The zero-order valence-corrected chi connectivity index (χ0v) is 13.4. The Morgan fingerprint density at radius 2 is 2.32 bits per heavy atom. The molecule has 6 nitrogen and oxygen atoms in total. The van der Waals surface area contributed by atoms with Gasteiger partial charge in [0.05, 0.1) is 5.69 Å². The molecule has 1 N–H and O–H groups in total. The first-order valence-corrected chi connectivity index (χ1v) is 7.96. The molecule has 22 heavy (non-hydrogen) atoms. The highest BCUT2D eigenvalue weighted by molar-refractivity contribution is 5.93. The van der Waals surface area contributed by atoms with E-state index in [4.69, 9.17) is 0 Å². The van der Waals surface area contributed by atoms with Crippen molar-refractivity contribution < 1.29 is 4.79 Å². The van der Waals surface area contributed by atoms with E-state index in [2.05, 4.69) is 29.1 Å². The van der Waals surface area contributed by atoms with E-state index in [0.29, 0.717) is 24.1 Å². The van der Waals surface area contributed by atoms with Crippen LogP contribution >= 0.6 is 0 Å². The van der Waals surface area contributed by atoms with Crippen LogP contribution in [0.25, 0.3) is 0 Å². The van der Waals surface area contributed by atoms with Crippen molar-refractivity contribution in [2.24, 2.45) is 0 Å². The normalized spacial score (nSPS) is 18.4. The summed E-state index contributed by atoms with van der Waals surface area (Å²) in [7, 11) is 0. The summed E-state index contributed by atoms with van der Waals surface area (Å²) in [6.45, 7) is 8.46. The summed E-state index contributed by atoms with van der Waals surface area (Å²) in [5.41, 5.74) is 2.80. The molecular formula is C16H23N5O. The number of carbonyl (C=O) groups is 1. The lowest BCUT2D eigenvalue weighted by Gasteiger charge is -2.16. The molecule has 0 radical (unpaired) electrons. The highest BCUT2D eigenvalue weighted by atomic mass is 16.2. The van der Waals surface area contributed by atoms with Gasteiger partial charge in [0.15, 0.2) is 0 Å². The van der Waals surface area contributed by atoms with Crippen LogP contribution in [0.3, 0.4) is 0 Å². The quantitative estimate of drug-likeness (QED) is 0.943. The summed E-state index contributed by atoms with van der Waals surface area (Å²) in [5, 5.41) is 11.6. The molecule has 1 atom stereocenters. The number of likely N-dealkylation sites (tertiary alicyclic amines) is 1. The lowest BCUT2D eigenvalue weighted by atomic mass is 10.1. The first kappa shape index (κ1) is 14.8. The number of H-pyrrole nitrogens is 1. The Hall–Kier alpha value is -2.11. The van der Waals surface area contributed by atoms with Crippen LogP contribution in [0, 0.1) is 0 Å². The smallest absolute Gasteiger partial charge is 0.272 e. The van der Waals surface area contributed by atoms with Crippen LogP contribution in [0.4, 0.5) is 0 Å². The fraction of sp³-hybridized carbons (Fsp3) is 0.562. The highest BCUT2D eigenvalue weighted by Gasteiger charge is 2.30. The molecule has 1 aliphatic heterocycles. The van der Waals surface area contributed by atoms with Crippen LogP contribution in [-0.2, 0) is 6.54 Å². The van der Waals surface area contributed by atoms with E-state index in [0.717, 1.165) is 30.9 Å². The molecule has 3 heterocycles.